The molecule has 0 saturated carbocycles. The van der Waals surface area contributed by atoms with Crippen molar-refractivity contribution in [3.05, 3.63) is 23.2 Å². The molecule has 2 fully saturated rings. The molecule has 106 valence electrons. The third-order valence-corrected chi connectivity index (χ3v) is 4.06. The fourth-order valence-corrected chi connectivity index (χ4v) is 2.73. The summed E-state index contributed by atoms with van der Waals surface area (Å²) in [6, 6.07) is -1.00. The van der Waals surface area contributed by atoms with E-state index in [0.29, 0.717) is 10.2 Å². The molecule has 0 aromatic carbocycles. The molecule has 2 saturated heterocycles. The van der Waals surface area contributed by atoms with Gasteiger partial charge >= 0.3 is 11.9 Å². The molecule has 3 aliphatic heterocycles. The molecule has 1 amide bonds. The first-order valence-electron chi connectivity index (χ1n) is 5.85. The third-order valence-electron chi connectivity index (χ3n) is 3.31. The maximum atomic E-state index is 11.9. The van der Waals surface area contributed by atoms with Crippen molar-refractivity contribution in [3.8, 4) is 0 Å². The Morgan fingerprint density at radius 2 is 2.30 bits per heavy atom. The number of alkyl halides is 1. The number of rotatable bonds is 2. The number of carbonyl (C=O) groups excluding carboxylic acids is 3. The number of esters is 2. The molecule has 3 heterocycles. The number of amides is 1. The molecule has 7 nitrogen and oxygen atoms in total. The number of cyclic esters (lactones) is 1. The summed E-state index contributed by atoms with van der Waals surface area (Å²) in [5.41, 5.74) is 0.175. The number of carbonyl (C=O) groups is 3. The standard InChI is InChI=1S/C12H10INO6/c1-18-12(17)9-10(20-8-3-7(15)14(8)9)6-2-5(4-13)19-11(6)16/h2,8-9H,3-4H2,1H3/t8-,9?/m1/s1. The predicted molar refractivity (Wildman–Crippen MR) is 72.2 cm³/mol. The second kappa shape index (κ2) is 4.76. The van der Waals surface area contributed by atoms with Crippen LogP contribution in [0.4, 0.5) is 0 Å². The van der Waals surface area contributed by atoms with Gasteiger partial charge < -0.3 is 14.2 Å². The second-order valence-electron chi connectivity index (χ2n) is 4.42. The molecule has 3 rings (SSSR count). The van der Waals surface area contributed by atoms with Gasteiger partial charge in [-0.2, -0.15) is 0 Å². The number of allylic oxidation sites excluding steroid dienone is 1. The summed E-state index contributed by atoms with van der Waals surface area (Å²) in [6.45, 7) is 0. The molecular formula is C12H10INO6. The number of ether oxygens (including phenoxy) is 3. The first-order chi connectivity index (χ1) is 9.56. The predicted octanol–water partition coefficient (Wildman–Crippen LogP) is 0.246. The normalized spacial score (nSPS) is 31.3. The van der Waals surface area contributed by atoms with Crippen molar-refractivity contribution in [2.24, 2.45) is 0 Å². The Bertz CT molecular complexity index is 580. The summed E-state index contributed by atoms with van der Waals surface area (Å²) >= 11 is 2.06. The van der Waals surface area contributed by atoms with Crippen molar-refractivity contribution < 1.29 is 28.6 Å². The zero-order chi connectivity index (χ0) is 14.4. The molecular weight excluding hydrogens is 381 g/mol. The molecule has 0 aromatic rings. The number of methoxy groups -OCH3 is 1. The molecule has 0 bridgehead atoms. The molecule has 8 heteroatoms. The van der Waals surface area contributed by atoms with E-state index in [1.165, 1.54) is 18.1 Å². The lowest BCUT2D eigenvalue weighted by atomic mass is 10.1. The minimum atomic E-state index is -1.00. The minimum Gasteiger partial charge on any atom is -0.470 e. The van der Waals surface area contributed by atoms with Crippen LogP contribution in [0.2, 0.25) is 0 Å². The van der Waals surface area contributed by atoms with E-state index in [4.69, 9.17) is 14.2 Å². The summed E-state index contributed by atoms with van der Waals surface area (Å²) in [7, 11) is 1.22. The molecule has 0 aromatic heterocycles. The number of hydrogen-bond acceptors (Lipinski definition) is 6. The second-order valence-corrected chi connectivity index (χ2v) is 5.18. The lowest BCUT2D eigenvalue weighted by Crippen LogP contribution is -2.55. The molecule has 0 radical (unpaired) electrons. The van der Waals surface area contributed by atoms with Crippen LogP contribution in [-0.4, -0.2) is 46.6 Å². The monoisotopic (exact) mass is 391 g/mol. The molecule has 1 unspecified atom stereocenters. The molecule has 2 atom stereocenters. The first-order valence-corrected chi connectivity index (χ1v) is 7.38. The van der Waals surface area contributed by atoms with E-state index >= 15 is 0 Å². The number of β-lactam (4-membered cyclic amide) rings is 1. The van der Waals surface area contributed by atoms with Crippen LogP contribution in [0.5, 0.6) is 0 Å². The fourth-order valence-electron chi connectivity index (χ4n) is 2.35. The number of nitrogens with zero attached hydrogens (tertiary/aromatic N) is 1. The van der Waals surface area contributed by atoms with Gasteiger partial charge in [-0.15, -0.1) is 0 Å². The highest BCUT2D eigenvalue weighted by molar-refractivity contribution is 14.1. The van der Waals surface area contributed by atoms with Crippen LogP contribution in [0.25, 0.3) is 0 Å². The smallest absolute Gasteiger partial charge is 0.346 e. The maximum Gasteiger partial charge on any atom is 0.346 e. The lowest BCUT2D eigenvalue weighted by Gasteiger charge is -2.33. The summed E-state index contributed by atoms with van der Waals surface area (Å²) in [4.78, 5) is 36.6. The van der Waals surface area contributed by atoms with Gasteiger partial charge in [-0.1, -0.05) is 22.6 Å². The van der Waals surface area contributed by atoms with E-state index in [1.54, 1.807) is 0 Å². The van der Waals surface area contributed by atoms with Gasteiger partial charge in [0.1, 0.15) is 17.1 Å². The largest absolute Gasteiger partial charge is 0.470 e. The first kappa shape index (κ1) is 13.4. The van der Waals surface area contributed by atoms with Crippen LogP contribution in [-0.2, 0) is 28.6 Å². The maximum absolute atomic E-state index is 11.9. The Hall–Kier alpha value is -1.58. The van der Waals surface area contributed by atoms with Gasteiger partial charge in [-0.05, 0) is 6.08 Å². The average Bonchev–Trinajstić information content (AvgIpc) is 2.94. The SMILES string of the molecule is COC(=O)C1C(=C2C=C(CI)OC2=O)O[C@@H]2CC(=O)N12. The lowest BCUT2D eigenvalue weighted by molar-refractivity contribution is -0.164. The highest BCUT2D eigenvalue weighted by Gasteiger charge is 2.55. The zero-order valence-corrected chi connectivity index (χ0v) is 12.6. The van der Waals surface area contributed by atoms with Gasteiger partial charge in [0.05, 0.1) is 18.0 Å². The Morgan fingerprint density at radius 1 is 1.55 bits per heavy atom. The van der Waals surface area contributed by atoms with Crippen molar-refractivity contribution in [2.45, 2.75) is 18.7 Å². The molecule has 3 aliphatic rings. The van der Waals surface area contributed by atoms with E-state index in [0.717, 1.165) is 0 Å². The van der Waals surface area contributed by atoms with E-state index < -0.39 is 24.2 Å². The Labute approximate surface area is 127 Å². The number of hydrogen-bond donors (Lipinski definition) is 0. The molecule has 0 aliphatic carbocycles. The number of fused-ring (bicyclic) bond motifs is 1. The summed E-state index contributed by atoms with van der Waals surface area (Å²) < 4.78 is 15.8. The van der Waals surface area contributed by atoms with E-state index in [-0.39, 0.29) is 23.7 Å². The highest BCUT2D eigenvalue weighted by atomic mass is 127. The van der Waals surface area contributed by atoms with Gasteiger partial charge in [0.15, 0.2) is 12.3 Å². The van der Waals surface area contributed by atoms with Crippen LogP contribution in [0, 0.1) is 0 Å². The van der Waals surface area contributed by atoms with Gasteiger partial charge in [0, 0.05) is 0 Å². The highest BCUT2D eigenvalue weighted by Crippen LogP contribution is 2.39. The third kappa shape index (κ3) is 1.81. The molecule has 20 heavy (non-hydrogen) atoms. The van der Waals surface area contributed by atoms with Crippen LogP contribution < -0.4 is 0 Å². The molecule has 0 N–H and O–H groups in total. The van der Waals surface area contributed by atoms with Crippen molar-refractivity contribution >= 4 is 40.4 Å². The minimum absolute atomic E-state index is 0.137. The summed E-state index contributed by atoms with van der Waals surface area (Å²) in [5.74, 6) is -0.781. The van der Waals surface area contributed by atoms with E-state index in [1.807, 2.05) is 0 Å². The summed E-state index contributed by atoms with van der Waals surface area (Å²) in [6.07, 6.45) is 1.23. The molecule has 0 spiro atoms. The Kier molecular flexibility index (Phi) is 3.19. The van der Waals surface area contributed by atoms with Crippen molar-refractivity contribution in [1.82, 2.24) is 4.90 Å². The van der Waals surface area contributed by atoms with Gasteiger partial charge in [0.2, 0.25) is 5.91 Å². The van der Waals surface area contributed by atoms with Gasteiger partial charge in [-0.25, -0.2) is 9.59 Å². The van der Waals surface area contributed by atoms with Crippen molar-refractivity contribution in [1.29, 1.82) is 0 Å². The fraction of sp³-hybridized carbons (Fsp3) is 0.417. The quantitative estimate of drug-likeness (QED) is 0.221. The summed E-state index contributed by atoms with van der Waals surface area (Å²) in [5, 5.41) is 0. The number of halogens is 1. The van der Waals surface area contributed by atoms with Crippen molar-refractivity contribution in [2.75, 3.05) is 11.5 Å². The average molecular weight is 391 g/mol. The van der Waals surface area contributed by atoms with Crippen molar-refractivity contribution in [3.63, 3.8) is 0 Å². The Morgan fingerprint density at radius 3 is 2.85 bits per heavy atom. The Balaban J connectivity index is 2.04. The van der Waals surface area contributed by atoms with Crippen LogP contribution >= 0.6 is 22.6 Å². The van der Waals surface area contributed by atoms with Gasteiger partial charge in [0.25, 0.3) is 0 Å². The van der Waals surface area contributed by atoms with Crippen LogP contribution in [0.3, 0.4) is 0 Å². The van der Waals surface area contributed by atoms with E-state index in [2.05, 4.69) is 22.6 Å². The van der Waals surface area contributed by atoms with E-state index in [9.17, 15) is 14.4 Å². The van der Waals surface area contributed by atoms with Crippen LogP contribution in [0.15, 0.2) is 23.2 Å². The topological polar surface area (TPSA) is 82.1 Å². The van der Waals surface area contributed by atoms with Crippen LogP contribution in [0.1, 0.15) is 6.42 Å². The van der Waals surface area contributed by atoms with Gasteiger partial charge in [-0.3, -0.25) is 9.69 Å². The zero-order valence-electron chi connectivity index (χ0n) is 10.4.